The number of nitrogens with zero attached hydrogens (tertiary/aromatic N) is 2. The Kier molecular flexibility index (Phi) is 9.11. The van der Waals surface area contributed by atoms with E-state index in [1.165, 1.54) is 16.7 Å². The molecule has 1 unspecified atom stereocenters. The first kappa shape index (κ1) is 24.4. The molecule has 3 aromatic rings. The third-order valence-electron chi connectivity index (χ3n) is 6.62. The molecule has 4 rings (SSSR count). The van der Waals surface area contributed by atoms with E-state index >= 15 is 0 Å². The summed E-state index contributed by atoms with van der Waals surface area (Å²) in [6.07, 6.45) is 0.513. The van der Waals surface area contributed by atoms with Crippen molar-refractivity contribution in [3.63, 3.8) is 0 Å². The number of methoxy groups -OCH3 is 1. The minimum absolute atomic E-state index is 0.270. The first-order valence-corrected chi connectivity index (χ1v) is 12.3. The molecule has 0 bridgehead atoms. The van der Waals surface area contributed by atoms with Crippen LogP contribution in [-0.2, 0) is 6.42 Å². The summed E-state index contributed by atoms with van der Waals surface area (Å²) in [4.78, 5) is 4.95. The van der Waals surface area contributed by atoms with Crippen molar-refractivity contribution in [2.24, 2.45) is 0 Å². The van der Waals surface area contributed by atoms with Crippen molar-refractivity contribution in [1.82, 2.24) is 15.1 Å². The van der Waals surface area contributed by atoms with E-state index in [4.69, 9.17) is 4.74 Å². The number of hydrogen-bond acceptors (Lipinski definition) is 5. The number of hydrogen-bond donors (Lipinski definition) is 2. The van der Waals surface area contributed by atoms with Gasteiger partial charge in [0.15, 0.2) is 0 Å². The Hall–Kier alpha value is -2.70. The Bertz CT molecular complexity index is 935. The van der Waals surface area contributed by atoms with Gasteiger partial charge in [0.25, 0.3) is 0 Å². The average molecular weight is 460 g/mol. The summed E-state index contributed by atoms with van der Waals surface area (Å²) in [5.41, 5.74) is 3.86. The summed E-state index contributed by atoms with van der Waals surface area (Å²) >= 11 is 0. The van der Waals surface area contributed by atoms with Gasteiger partial charge in [0.05, 0.1) is 19.3 Å². The predicted octanol–water partition coefficient (Wildman–Crippen LogP) is 3.60. The molecule has 3 aromatic carbocycles. The molecule has 0 spiro atoms. The van der Waals surface area contributed by atoms with Crippen LogP contribution in [0, 0.1) is 0 Å². The molecule has 1 heterocycles. The Labute approximate surface area is 204 Å². The van der Waals surface area contributed by atoms with Crippen LogP contribution in [-0.4, -0.2) is 73.9 Å². The molecule has 0 saturated carbocycles. The Morgan fingerprint density at radius 2 is 1.41 bits per heavy atom. The third kappa shape index (κ3) is 6.67. The van der Waals surface area contributed by atoms with Crippen molar-refractivity contribution in [2.45, 2.75) is 18.6 Å². The number of nitrogens with one attached hydrogen (secondary N) is 1. The van der Waals surface area contributed by atoms with Crippen LogP contribution in [0.5, 0.6) is 5.75 Å². The van der Waals surface area contributed by atoms with Crippen molar-refractivity contribution in [3.8, 4) is 5.75 Å². The van der Waals surface area contributed by atoms with Crippen molar-refractivity contribution in [1.29, 1.82) is 0 Å². The van der Waals surface area contributed by atoms with E-state index in [-0.39, 0.29) is 12.1 Å². The largest absolute Gasteiger partial charge is 0.496 e. The van der Waals surface area contributed by atoms with Gasteiger partial charge in [-0.2, -0.15) is 0 Å². The highest BCUT2D eigenvalue weighted by atomic mass is 16.5. The first-order valence-electron chi connectivity index (χ1n) is 12.3. The second-order valence-corrected chi connectivity index (χ2v) is 8.98. The lowest BCUT2D eigenvalue weighted by Crippen LogP contribution is -2.50. The number of aliphatic hydroxyl groups excluding tert-OH is 1. The fourth-order valence-electron chi connectivity index (χ4n) is 4.85. The highest BCUT2D eigenvalue weighted by Gasteiger charge is 2.26. The summed E-state index contributed by atoms with van der Waals surface area (Å²) in [5.74, 6) is 0.923. The molecular formula is C29H37N3O2. The van der Waals surface area contributed by atoms with E-state index in [0.717, 1.165) is 44.9 Å². The molecule has 34 heavy (non-hydrogen) atoms. The van der Waals surface area contributed by atoms with Crippen LogP contribution in [0.1, 0.15) is 22.7 Å². The summed E-state index contributed by atoms with van der Waals surface area (Å²) in [7, 11) is 1.71. The Morgan fingerprint density at radius 1 is 0.824 bits per heavy atom. The van der Waals surface area contributed by atoms with Crippen LogP contribution in [0.25, 0.3) is 0 Å². The van der Waals surface area contributed by atoms with E-state index in [2.05, 4.69) is 81.8 Å². The van der Waals surface area contributed by atoms with E-state index in [1.807, 2.05) is 18.2 Å². The molecule has 0 radical (unpaired) electrons. The fourth-order valence-corrected chi connectivity index (χ4v) is 4.85. The summed E-state index contributed by atoms with van der Waals surface area (Å²) in [6, 6.07) is 29.9. The van der Waals surface area contributed by atoms with E-state index in [0.29, 0.717) is 13.1 Å². The van der Waals surface area contributed by atoms with Gasteiger partial charge >= 0.3 is 0 Å². The topological polar surface area (TPSA) is 48.0 Å². The van der Waals surface area contributed by atoms with Gasteiger partial charge in [-0.1, -0.05) is 78.9 Å². The molecule has 0 aromatic heterocycles. The van der Waals surface area contributed by atoms with Gasteiger partial charge in [-0.05, 0) is 35.7 Å². The predicted molar refractivity (Wildman–Crippen MR) is 138 cm³/mol. The maximum atomic E-state index is 10.6. The number of β-amino-alcohol motifs (C(OH)–C–C–N with tert-alkyl or cyclic N) is 1. The molecule has 5 heteroatoms. The molecule has 1 fully saturated rings. The molecule has 0 aliphatic carbocycles. The SMILES string of the molecule is COc1ccccc1CCNCC(O)CN1CCN(C(c2ccccc2)c2ccccc2)CC1. The smallest absolute Gasteiger partial charge is 0.122 e. The minimum atomic E-state index is -0.372. The maximum absolute atomic E-state index is 10.6. The number of aliphatic hydroxyl groups is 1. The normalized spacial score (nSPS) is 16.0. The van der Waals surface area contributed by atoms with Crippen LogP contribution >= 0.6 is 0 Å². The highest BCUT2D eigenvalue weighted by molar-refractivity contribution is 5.33. The van der Waals surface area contributed by atoms with Gasteiger partial charge in [-0.25, -0.2) is 0 Å². The van der Waals surface area contributed by atoms with Crippen LogP contribution in [0.3, 0.4) is 0 Å². The van der Waals surface area contributed by atoms with Gasteiger partial charge in [0.1, 0.15) is 5.75 Å². The molecule has 0 amide bonds. The Morgan fingerprint density at radius 3 is 2.03 bits per heavy atom. The zero-order valence-electron chi connectivity index (χ0n) is 20.1. The quantitative estimate of drug-likeness (QED) is 0.429. The molecule has 1 aliphatic heterocycles. The van der Waals surface area contributed by atoms with Gasteiger partial charge in [0.2, 0.25) is 0 Å². The average Bonchev–Trinajstić information content (AvgIpc) is 2.89. The van der Waals surface area contributed by atoms with Crippen LogP contribution in [0.2, 0.25) is 0 Å². The van der Waals surface area contributed by atoms with E-state index in [1.54, 1.807) is 7.11 Å². The van der Waals surface area contributed by atoms with Gasteiger partial charge in [-0.3, -0.25) is 9.80 Å². The zero-order valence-corrected chi connectivity index (χ0v) is 20.1. The molecule has 1 aliphatic rings. The standard InChI is InChI=1S/C29H37N3O2/c1-34-28-15-9-8-10-24(28)16-17-30-22-27(33)23-31-18-20-32(21-19-31)29(25-11-4-2-5-12-25)26-13-6-3-7-14-26/h2-15,27,29-30,33H,16-23H2,1H3. The lowest BCUT2D eigenvalue weighted by Gasteiger charge is -2.40. The molecule has 1 atom stereocenters. The summed E-state index contributed by atoms with van der Waals surface area (Å²) in [5, 5.41) is 14.0. The van der Waals surface area contributed by atoms with Gasteiger partial charge in [-0.15, -0.1) is 0 Å². The van der Waals surface area contributed by atoms with Crippen molar-refractivity contribution in [3.05, 3.63) is 102 Å². The van der Waals surface area contributed by atoms with E-state index < -0.39 is 0 Å². The zero-order chi connectivity index (χ0) is 23.6. The highest BCUT2D eigenvalue weighted by Crippen LogP contribution is 2.29. The molecule has 1 saturated heterocycles. The Balaban J connectivity index is 1.23. The number of benzene rings is 3. The fraction of sp³-hybridized carbons (Fsp3) is 0.379. The first-order chi connectivity index (χ1) is 16.7. The lowest BCUT2D eigenvalue weighted by molar-refractivity contribution is 0.0626. The molecule has 2 N–H and O–H groups in total. The van der Waals surface area contributed by atoms with Crippen LogP contribution < -0.4 is 10.1 Å². The van der Waals surface area contributed by atoms with Crippen molar-refractivity contribution < 1.29 is 9.84 Å². The van der Waals surface area contributed by atoms with Gasteiger partial charge in [0, 0.05) is 39.3 Å². The second kappa shape index (κ2) is 12.7. The van der Waals surface area contributed by atoms with Gasteiger partial charge < -0.3 is 15.2 Å². The molecule has 180 valence electrons. The summed E-state index contributed by atoms with van der Waals surface area (Å²) in [6.45, 7) is 6.04. The van der Waals surface area contributed by atoms with Crippen LogP contribution in [0.4, 0.5) is 0 Å². The van der Waals surface area contributed by atoms with Crippen LogP contribution in [0.15, 0.2) is 84.9 Å². The lowest BCUT2D eigenvalue weighted by atomic mass is 9.96. The van der Waals surface area contributed by atoms with E-state index in [9.17, 15) is 5.11 Å². The minimum Gasteiger partial charge on any atom is -0.496 e. The third-order valence-corrected chi connectivity index (χ3v) is 6.62. The van der Waals surface area contributed by atoms with Crippen molar-refractivity contribution >= 4 is 0 Å². The number of rotatable bonds is 11. The number of para-hydroxylation sites is 1. The van der Waals surface area contributed by atoms with Crippen molar-refractivity contribution in [2.75, 3.05) is 52.9 Å². The number of ether oxygens (including phenoxy) is 1. The summed E-state index contributed by atoms with van der Waals surface area (Å²) < 4.78 is 5.42. The monoisotopic (exact) mass is 459 g/mol. The number of piperazine rings is 1. The maximum Gasteiger partial charge on any atom is 0.122 e. The molecular weight excluding hydrogens is 422 g/mol. The molecule has 5 nitrogen and oxygen atoms in total. The second-order valence-electron chi connectivity index (χ2n) is 8.98.